The molecule has 0 aliphatic heterocycles. The number of benzene rings is 3. The first kappa shape index (κ1) is 27.4. The van der Waals surface area contributed by atoms with E-state index in [1.54, 1.807) is 48.5 Å². The van der Waals surface area contributed by atoms with Crippen molar-refractivity contribution in [3.63, 3.8) is 0 Å². The van der Waals surface area contributed by atoms with Crippen molar-refractivity contribution in [2.24, 2.45) is 0 Å². The zero-order valence-electron chi connectivity index (χ0n) is 20.3. The van der Waals surface area contributed by atoms with E-state index in [0.29, 0.717) is 11.1 Å². The first-order chi connectivity index (χ1) is 19.3. The average Bonchev–Trinajstić information content (AvgIpc) is 2.96. The molecular weight excluding hydrogens is 544 g/mol. The molecule has 0 unspecified atom stereocenters. The standard InChI is InChI=1S/C25H19ClN8O6/c26-18-12-11-17(13-19(18)33(37)38)24(35)31-29-22-21(34(39)40)23(28-14-27-22)30-32-25(36)20(15-7-3-1-4-8-15)16-9-5-2-6-10-16/h1-14,20H,(H,31,35)(H,32,36)(H2,27,28,29,30). The molecule has 0 saturated carbocycles. The molecule has 3 aromatic carbocycles. The maximum absolute atomic E-state index is 13.2. The molecule has 202 valence electrons. The Balaban J connectivity index is 1.52. The number of anilines is 2. The highest BCUT2D eigenvalue weighted by Gasteiger charge is 2.27. The lowest BCUT2D eigenvalue weighted by Crippen LogP contribution is -2.35. The Morgan fingerprint density at radius 2 is 1.32 bits per heavy atom. The molecule has 4 rings (SSSR count). The molecule has 1 heterocycles. The molecule has 0 saturated heterocycles. The number of rotatable bonds is 10. The number of halogens is 1. The first-order valence-corrected chi connectivity index (χ1v) is 11.8. The molecular formula is C25H19ClN8O6. The van der Waals surface area contributed by atoms with Gasteiger partial charge in [0, 0.05) is 11.6 Å². The molecule has 0 aliphatic rings. The maximum Gasteiger partial charge on any atom is 0.356 e. The van der Waals surface area contributed by atoms with Crippen LogP contribution in [0.4, 0.5) is 23.0 Å². The van der Waals surface area contributed by atoms with Gasteiger partial charge in [0.15, 0.2) is 0 Å². The van der Waals surface area contributed by atoms with Gasteiger partial charge in [0.2, 0.25) is 17.5 Å². The largest absolute Gasteiger partial charge is 0.356 e. The number of carbonyl (C=O) groups is 2. The molecule has 4 aromatic rings. The number of nitrogens with one attached hydrogen (secondary N) is 4. The third-order valence-corrected chi connectivity index (χ3v) is 5.86. The SMILES string of the molecule is O=C(NNc1ncnc(NNC(=O)C(c2ccccc2)c2ccccc2)c1[N+](=O)[O-])c1ccc(Cl)c([N+](=O)[O-])c1. The van der Waals surface area contributed by atoms with Crippen LogP contribution < -0.4 is 21.7 Å². The molecule has 0 bridgehead atoms. The van der Waals surface area contributed by atoms with Gasteiger partial charge in [-0.15, -0.1) is 0 Å². The number of hydrogen-bond donors (Lipinski definition) is 4. The smallest absolute Gasteiger partial charge is 0.276 e. The molecule has 4 N–H and O–H groups in total. The third kappa shape index (κ3) is 6.25. The van der Waals surface area contributed by atoms with Gasteiger partial charge in [-0.05, 0) is 23.3 Å². The Labute approximate surface area is 230 Å². The summed E-state index contributed by atoms with van der Waals surface area (Å²) in [4.78, 5) is 54.8. The van der Waals surface area contributed by atoms with Gasteiger partial charge >= 0.3 is 5.69 Å². The van der Waals surface area contributed by atoms with E-state index >= 15 is 0 Å². The number of hydrogen-bond acceptors (Lipinski definition) is 10. The van der Waals surface area contributed by atoms with Crippen LogP contribution in [0.3, 0.4) is 0 Å². The highest BCUT2D eigenvalue weighted by molar-refractivity contribution is 6.32. The molecule has 40 heavy (non-hydrogen) atoms. The van der Waals surface area contributed by atoms with Crippen LogP contribution in [0.25, 0.3) is 0 Å². The summed E-state index contributed by atoms with van der Waals surface area (Å²) in [6.45, 7) is 0. The number of carbonyl (C=O) groups excluding carboxylic acids is 2. The van der Waals surface area contributed by atoms with Crippen LogP contribution in [0.5, 0.6) is 0 Å². The lowest BCUT2D eigenvalue weighted by molar-refractivity contribution is -0.384. The summed E-state index contributed by atoms with van der Waals surface area (Å²) >= 11 is 5.77. The summed E-state index contributed by atoms with van der Waals surface area (Å²) in [6, 6.07) is 21.3. The second-order valence-electron chi connectivity index (χ2n) is 8.05. The van der Waals surface area contributed by atoms with Crippen LogP contribution in [0.1, 0.15) is 27.4 Å². The van der Waals surface area contributed by atoms with Crippen LogP contribution in [-0.4, -0.2) is 31.6 Å². The van der Waals surface area contributed by atoms with Crippen LogP contribution in [0.2, 0.25) is 5.02 Å². The van der Waals surface area contributed by atoms with Gasteiger partial charge in [-0.3, -0.25) is 51.5 Å². The summed E-state index contributed by atoms with van der Waals surface area (Å²) in [5, 5.41) is 22.8. The van der Waals surface area contributed by atoms with E-state index in [0.717, 1.165) is 12.4 Å². The van der Waals surface area contributed by atoms with Crippen molar-refractivity contribution in [1.29, 1.82) is 0 Å². The molecule has 1 aromatic heterocycles. The van der Waals surface area contributed by atoms with E-state index < -0.39 is 44.8 Å². The molecule has 0 aliphatic carbocycles. The van der Waals surface area contributed by atoms with Crippen LogP contribution >= 0.6 is 11.6 Å². The van der Waals surface area contributed by atoms with Gasteiger partial charge in [-0.25, -0.2) is 9.97 Å². The van der Waals surface area contributed by atoms with Gasteiger partial charge in [0.05, 0.1) is 15.8 Å². The minimum absolute atomic E-state index is 0.140. The van der Waals surface area contributed by atoms with Gasteiger partial charge in [0.1, 0.15) is 11.3 Å². The second kappa shape index (κ2) is 12.3. The number of amides is 2. The Morgan fingerprint density at radius 3 is 1.85 bits per heavy atom. The Bertz CT molecular complexity index is 1530. The summed E-state index contributed by atoms with van der Waals surface area (Å²) < 4.78 is 0. The molecule has 0 fully saturated rings. The van der Waals surface area contributed by atoms with Crippen molar-refractivity contribution >= 4 is 46.4 Å². The highest BCUT2D eigenvalue weighted by atomic mass is 35.5. The van der Waals surface area contributed by atoms with Crippen LogP contribution in [-0.2, 0) is 4.79 Å². The summed E-state index contributed by atoms with van der Waals surface area (Å²) in [7, 11) is 0. The fraction of sp³-hybridized carbons (Fsp3) is 0.0400. The Morgan fingerprint density at radius 1 is 0.775 bits per heavy atom. The summed E-state index contributed by atoms with van der Waals surface area (Å²) in [5.74, 6) is -2.90. The lowest BCUT2D eigenvalue weighted by Gasteiger charge is -2.18. The quantitative estimate of drug-likeness (QED) is 0.162. The zero-order valence-corrected chi connectivity index (χ0v) is 21.0. The predicted octanol–water partition coefficient (Wildman–Crippen LogP) is 3.98. The fourth-order valence-corrected chi connectivity index (χ4v) is 3.88. The van der Waals surface area contributed by atoms with Gasteiger partial charge in [-0.2, -0.15) is 0 Å². The first-order valence-electron chi connectivity index (χ1n) is 11.4. The topological polar surface area (TPSA) is 194 Å². The minimum Gasteiger partial charge on any atom is -0.276 e. The Kier molecular flexibility index (Phi) is 8.41. The van der Waals surface area contributed by atoms with E-state index in [1.165, 1.54) is 12.1 Å². The number of nitrogens with zero attached hydrogens (tertiary/aromatic N) is 4. The van der Waals surface area contributed by atoms with Crippen molar-refractivity contribution in [3.05, 3.63) is 127 Å². The molecule has 2 amide bonds. The van der Waals surface area contributed by atoms with E-state index in [2.05, 4.69) is 31.7 Å². The molecule has 0 atom stereocenters. The van der Waals surface area contributed by atoms with Gasteiger partial charge in [-0.1, -0.05) is 72.3 Å². The summed E-state index contributed by atoms with van der Waals surface area (Å²) in [6.07, 6.45) is 0.967. The van der Waals surface area contributed by atoms with E-state index in [1.807, 2.05) is 12.1 Å². The molecule has 0 radical (unpaired) electrons. The molecule has 14 nitrogen and oxygen atoms in total. The van der Waals surface area contributed by atoms with Crippen molar-refractivity contribution in [2.45, 2.75) is 5.92 Å². The normalized spacial score (nSPS) is 10.4. The third-order valence-electron chi connectivity index (χ3n) is 5.54. The zero-order chi connectivity index (χ0) is 28.6. The minimum atomic E-state index is -0.857. The fourth-order valence-electron chi connectivity index (χ4n) is 3.70. The van der Waals surface area contributed by atoms with Crippen molar-refractivity contribution in [2.75, 3.05) is 10.9 Å². The number of nitro groups is 2. The van der Waals surface area contributed by atoms with Crippen molar-refractivity contribution < 1.29 is 19.4 Å². The Hall–Kier alpha value is -5.63. The average molecular weight is 563 g/mol. The van der Waals surface area contributed by atoms with Gasteiger partial charge in [0.25, 0.3) is 11.6 Å². The van der Waals surface area contributed by atoms with E-state index in [-0.39, 0.29) is 16.4 Å². The van der Waals surface area contributed by atoms with Crippen LogP contribution in [0.15, 0.2) is 85.2 Å². The van der Waals surface area contributed by atoms with E-state index in [9.17, 15) is 29.8 Å². The summed E-state index contributed by atoms with van der Waals surface area (Å²) in [5.41, 5.74) is 9.48. The monoisotopic (exact) mass is 562 g/mol. The molecule has 0 spiro atoms. The van der Waals surface area contributed by atoms with Crippen LogP contribution in [0, 0.1) is 20.2 Å². The number of hydrazine groups is 2. The lowest BCUT2D eigenvalue weighted by atomic mass is 9.91. The predicted molar refractivity (Wildman–Crippen MR) is 144 cm³/mol. The molecule has 15 heteroatoms. The maximum atomic E-state index is 13.2. The number of aromatic nitrogens is 2. The number of nitro benzene ring substituents is 1. The highest BCUT2D eigenvalue weighted by Crippen LogP contribution is 2.29. The van der Waals surface area contributed by atoms with Crippen molar-refractivity contribution in [1.82, 2.24) is 20.8 Å². The van der Waals surface area contributed by atoms with E-state index in [4.69, 9.17) is 11.6 Å². The van der Waals surface area contributed by atoms with Gasteiger partial charge < -0.3 is 0 Å². The second-order valence-corrected chi connectivity index (χ2v) is 8.45. The van der Waals surface area contributed by atoms with Crippen molar-refractivity contribution in [3.8, 4) is 0 Å².